The van der Waals surface area contributed by atoms with E-state index in [0.29, 0.717) is 24.3 Å². The second-order valence-electron chi connectivity index (χ2n) is 6.65. The summed E-state index contributed by atoms with van der Waals surface area (Å²) in [6.45, 7) is 0.308. The van der Waals surface area contributed by atoms with Gasteiger partial charge in [-0.2, -0.15) is 5.26 Å². The molecule has 3 N–H and O–H groups in total. The van der Waals surface area contributed by atoms with E-state index in [-0.39, 0.29) is 18.8 Å². The fraction of sp³-hybridized carbons (Fsp3) is 0.400. The van der Waals surface area contributed by atoms with E-state index < -0.39 is 31.1 Å². The minimum Gasteiger partial charge on any atom is -0.376 e. The van der Waals surface area contributed by atoms with E-state index in [0.717, 1.165) is 0 Å². The molecular weight excluding hydrogens is 407 g/mol. The van der Waals surface area contributed by atoms with Crippen LogP contribution in [0.15, 0.2) is 43.0 Å². The van der Waals surface area contributed by atoms with Crippen LogP contribution in [-0.2, 0) is 14.3 Å². The summed E-state index contributed by atoms with van der Waals surface area (Å²) in [4.78, 5) is 27.2. The molecule has 0 spiro atoms. The van der Waals surface area contributed by atoms with Gasteiger partial charge in [-0.25, -0.2) is 19.8 Å². The molecule has 0 saturated carbocycles. The number of carbonyl (C=O) groups excluding carboxylic acids is 1. The molecule has 0 aliphatic carbocycles. The summed E-state index contributed by atoms with van der Waals surface area (Å²) >= 11 is 0. The molecular formula is C20H23FN6O4. The number of nitrogens with two attached hydrogens (primary N) is 1. The quantitative estimate of drug-likeness (QED) is 0.435. The Labute approximate surface area is 178 Å². The van der Waals surface area contributed by atoms with Crippen LogP contribution in [-0.4, -0.2) is 66.3 Å². The van der Waals surface area contributed by atoms with Crippen LogP contribution < -0.4 is 11.2 Å². The van der Waals surface area contributed by atoms with E-state index in [1.807, 2.05) is 4.90 Å². The van der Waals surface area contributed by atoms with E-state index in [1.54, 1.807) is 24.3 Å². The van der Waals surface area contributed by atoms with Crippen molar-refractivity contribution in [1.29, 1.82) is 5.26 Å². The van der Waals surface area contributed by atoms with Crippen molar-refractivity contribution >= 4 is 5.91 Å². The zero-order chi connectivity index (χ0) is 22.1. The first-order valence-corrected chi connectivity index (χ1v) is 9.61. The number of ether oxygens (including phenoxy) is 2. The van der Waals surface area contributed by atoms with Crippen LogP contribution in [0.3, 0.4) is 0 Å². The maximum Gasteiger partial charge on any atom is 0.278 e. The summed E-state index contributed by atoms with van der Waals surface area (Å²) in [7, 11) is 0. The Kier molecular flexibility index (Phi) is 8.34. The molecule has 3 unspecified atom stereocenters. The highest BCUT2D eigenvalue weighted by molar-refractivity contribution is 5.92. The molecule has 2 aromatic rings. The Hall–Kier alpha value is -3.01. The van der Waals surface area contributed by atoms with Gasteiger partial charge in [-0.15, -0.1) is 0 Å². The van der Waals surface area contributed by atoms with Gasteiger partial charge >= 0.3 is 0 Å². The van der Waals surface area contributed by atoms with Crippen LogP contribution in [0.1, 0.15) is 27.5 Å². The molecule has 1 amide bonds. The third kappa shape index (κ3) is 6.00. The van der Waals surface area contributed by atoms with Crippen molar-refractivity contribution in [2.45, 2.75) is 18.5 Å². The summed E-state index contributed by atoms with van der Waals surface area (Å²) in [5.74, 6) is -0.562. The van der Waals surface area contributed by atoms with Crippen molar-refractivity contribution < 1.29 is 23.5 Å². The zero-order valence-electron chi connectivity index (χ0n) is 16.7. The first kappa shape index (κ1) is 22.7. The number of rotatable bonds is 9. The third-order valence-corrected chi connectivity index (χ3v) is 4.65. The van der Waals surface area contributed by atoms with Gasteiger partial charge in [-0.1, -0.05) is 12.1 Å². The van der Waals surface area contributed by atoms with Crippen LogP contribution in [0, 0.1) is 11.3 Å². The van der Waals surface area contributed by atoms with Gasteiger partial charge in [0.1, 0.15) is 19.2 Å². The van der Waals surface area contributed by atoms with Crippen molar-refractivity contribution in [3.63, 3.8) is 0 Å². The van der Waals surface area contributed by atoms with Crippen molar-refractivity contribution in [2.24, 2.45) is 5.73 Å². The fourth-order valence-electron chi connectivity index (χ4n) is 3.26. The maximum atomic E-state index is 12.7. The number of halogens is 1. The summed E-state index contributed by atoms with van der Waals surface area (Å²) < 4.78 is 23.8. The highest BCUT2D eigenvalue weighted by atomic mass is 19.1. The second-order valence-corrected chi connectivity index (χ2v) is 6.65. The molecule has 1 aromatic carbocycles. The lowest BCUT2D eigenvalue weighted by Crippen LogP contribution is -2.54. The minimum absolute atomic E-state index is 0.101. The molecule has 0 radical (unpaired) electrons. The second kappa shape index (κ2) is 11.4. The lowest BCUT2D eigenvalue weighted by Gasteiger charge is -2.42. The third-order valence-electron chi connectivity index (χ3n) is 4.65. The van der Waals surface area contributed by atoms with Crippen molar-refractivity contribution in [1.82, 2.24) is 20.3 Å². The SMILES string of the molecule is N#Cc1cccc(C(C(N)ONC(=O)c2cncnc2)N2CCOCC2OCCF)c1. The molecule has 1 aliphatic heterocycles. The molecule has 10 nitrogen and oxygen atoms in total. The average Bonchev–Trinajstić information content (AvgIpc) is 2.82. The molecule has 3 atom stereocenters. The van der Waals surface area contributed by atoms with Gasteiger partial charge in [0, 0.05) is 18.9 Å². The number of benzene rings is 1. The first-order valence-electron chi connectivity index (χ1n) is 9.61. The van der Waals surface area contributed by atoms with Gasteiger partial charge < -0.3 is 15.2 Å². The van der Waals surface area contributed by atoms with E-state index in [9.17, 15) is 14.4 Å². The number of nitrogens with zero attached hydrogens (tertiary/aromatic N) is 4. The van der Waals surface area contributed by atoms with Crippen LogP contribution in [0.25, 0.3) is 0 Å². The minimum atomic E-state index is -1.04. The van der Waals surface area contributed by atoms with Crippen LogP contribution in [0.5, 0.6) is 0 Å². The number of hydroxylamine groups is 1. The first-order chi connectivity index (χ1) is 15.1. The predicted octanol–water partition coefficient (Wildman–Crippen LogP) is 0.680. The number of aromatic nitrogens is 2. The van der Waals surface area contributed by atoms with E-state index in [2.05, 4.69) is 21.5 Å². The molecule has 1 aliphatic rings. The monoisotopic (exact) mass is 430 g/mol. The number of morpholine rings is 1. The Balaban J connectivity index is 1.82. The highest BCUT2D eigenvalue weighted by Gasteiger charge is 2.36. The normalized spacial score (nSPS) is 18.7. The van der Waals surface area contributed by atoms with Crippen LogP contribution >= 0.6 is 0 Å². The predicted molar refractivity (Wildman–Crippen MR) is 106 cm³/mol. The standard InChI is InChI=1S/C20H23FN6O4/c21-4-6-30-17-12-29-7-5-27(17)18(15-3-1-2-14(8-15)9-22)19(23)31-26-20(28)16-10-24-13-25-11-16/h1-3,8,10-11,13,17-19H,4-7,12,23H2,(H,26,28). The van der Waals surface area contributed by atoms with Crippen molar-refractivity contribution in [3.05, 3.63) is 59.7 Å². The number of alkyl halides is 1. The number of hydrogen-bond donors (Lipinski definition) is 2. The Morgan fingerprint density at radius 1 is 1.45 bits per heavy atom. The Morgan fingerprint density at radius 2 is 2.26 bits per heavy atom. The fourth-order valence-corrected chi connectivity index (χ4v) is 3.26. The lowest BCUT2D eigenvalue weighted by atomic mass is 10.0. The number of nitriles is 1. The zero-order valence-corrected chi connectivity index (χ0v) is 16.7. The lowest BCUT2D eigenvalue weighted by molar-refractivity contribution is -0.178. The summed E-state index contributed by atoms with van der Waals surface area (Å²) in [6, 6.07) is 8.35. The molecule has 1 fully saturated rings. The van der Waals surface area contributed by atoms with Crippen molar-refractivity contribution in [3.8, 4) is 6.07 Å². The highest BCUT2D eigenvalue weighted by Crippen LogP contribution is 2.29. The number of hydrogen-bond acceptors (Lipinski definition) is 9. The number of carbonyl (C=O) groups is 1. The van der Waals surface area contributed by atoms with Crippen LogP contribution in [0.4, 0.5) is 4.39 Å². The molecule has 164 valence electrons. The summed E-state index contributed by atoms with van der Waals surface area (Å²) in [5, 5.41) is 9.28. The molecule has 3 rings (SSSR count). The Bertz CT molecular complexity index is 897. The van der Waals surface area contributed by atoms with Crippen LogP contribution in [0.2, 0.25) is 0 Å². The van der Waals surface area contributed by atoms with Crippen molar-refractivity contribution in [2.75, 3.05) is 33.0 Å². The van der Waals surface area contributed by atoms with Gasteiger partial charge in [0.15, 0.2) is 6.23 Å². The summed E-state index contributed by atoms with van der Waals surface area (Å²) in [6.07, 6.45) is 2.37. The molecule has 2 heterocycles. The van der Waals surface area contributed by atoms with Gasteiger partial charge in [0.05, 0.1) is 43.1 Å². The number of amides is 1. The Morgan fingerprint density at radius 3 is 3.00 bits per heavy atom. The van der Waals surface area contributed by atoms with E-state index in [1.165, 1.54) is 18.7 Å². The molecule has 1 aromatic heterocycles. The molecule has 11 heteroatoms. The van der Waals surface area contributed by atoms with E-state index >= 15 is 0 Å². The number of nitrogens with one attached hydrogen (secondary N) is 1. The van der Waals surface area contributed by atoms with E-state index in [4.69, 9.17) is 20.0 Å². The molecule has 0 bridgehead atoms. The molecule has 1 saturated heterocycles. The smallest absolute Gasteiger partial charge is 0.278 e. The average molecular weight is 430 g/mol. The summed E-state index contributed by atoms with van der Waals surface area (Å²) in [5.41, 5.74) is 9.96. The van der Waals surface area contributed by atoms with Gasteiger partial charge in [-0.05, 0) is 17.7 Å². The topological polar surface area (TPSA) is 136 Å². The largest absolute Gasteiger partial charge is 0.376 e. The van der Waals surface area contributed by atoms with Gasteiger partial charge in [-0.3, -0.25) is 14.5 Å². The maximum absolute atomic E-state index is 12.7. The molecule has 31 heavy (non-hydrogen) atoms. The van der Waals surface area contributed by atoms with Gasteiger partial charge in [0.25, 0.3) is 5.91 Å². The van der Waals surface area contributed by atoms with Gasteiger partial charge in [0.2, 0.25) is 0 Å².